The zero-order chi connectivity index (χ0) is 10.8. The first-order valence-electron chi connectivity index (χ1n) is 5.34. The first-order valence-corrected chi connectivity index (χ1v) is 5.34. The molecule has 0 amide bonds. The molecule has 14 heavy (non-hydrogen) atoms. The summed E-state index contributed by atoms with van der Waals surface area (Å²) in [5, 5.41) is 0. The van der Waals surface area contributed by atoms with Gasteiger partial charge >= 0.3 is 5.97 Å². The van der Waals surface area contributed by atoms with Crippen LogP contribution in [-0.4, -0.2) is 25.8 Å². The maximum Gasteiger partial charge on any atom is 0.302 e. The van der Waals surface area contributed by atoms with Crippen LogP contribution in [0.1, 0.15) is 40.0 Å². The molecule has 3 nitrogen and oxygen atoms in total. The van der Waals surface area contributed by atoms with Crippen LogP contribution in [0.2, 0.25) is 0 Å². The lowest BCUT2D eigenvalue weighted by atomic mass is 10.2. The van der Waals surface area contributed by atoms with E-state index in [4.69, 9.17) is 4.74 Å². The second-order valence-electron chi connectivity index (χ2n) is 3.87. The molecular weight excluding hydrogens is 180 g/mol. The van der Waals surface area contributed by atoms with Crippen LogP contribution in [0.3, 0.4) is 0 Å². The molecule has 0 bridgehead atoms. The molecule has 1 heterocycles. The number of rotatable bonds is 2. The summed E-state index contributed by atoms with van der Waals surface area (Å²) in [4.78, 5) is 10.1. The van der Waals surface area contributed by atoms with Crippen molar-refractivity contribution in [3.63, 3.8) is 0 Å². The molecule has 3 heteroatoms. The van der Waals surface area contributed by atoms with Gasteiger partial charge < -0.3 is 9.47 Å². The molecule has 0 spiro atoms. The van der Waals surface area contributed by atoms with Gasteiger partial charge in [0.1, 0.15) is 0 Å². The van der Waals surface area contributed by atoms with Gasteiger partial charge in [-0.05, 0) is 25.2 Å². The van der Waals surface area contributed by atoms with Gasteiger partial charge in [0.2, 0.25) is 0 Å². The molecule has 0 aliphatic carbocycles. The zero-order valence-corrected chi connectivity index (χ0v) is 9.54. The van der Waals surface area contributed by atoms with Crippen LogP contribution in [0.25, 0.3) is 0 Å². The lowest BCUT2D eigenvalue weighted by Crippen LogP contribution is -2.05. The summed E-state index contributed by atoms with van der Waals surface area (Å²) in [6.45, 7) is 7.96. The normalized spacial score (nSPS) is 15.7. The highest BCUT2D eigenvalue weighted by Crippen LogP contribution is 2.02. The van der Waals surface area contributed by atoms with E-state index in [2.05, 4.69) is 4.74 Å². The van der Waals surface area contributed by atoms with Crippen molar-refractivity contribution in [2.75, 3.05) is 19.8 Å². The minimum absolute atomic E-state index is 0.196. The van der Waals surface area contributed by atoms with Gasteiger partial charge in [-0.15, -0.1) is 0 Å². The molecule has 0 unspecified atom stereocenters. The van der Waals surface area contributed by atoms with Crippen molar-refractivity contribution in [1.29, 1.82) is 0 Å². The van der Waals surface area contributed by atoms with E-state index >= 15 is 0 Å². The Morgan fingerprint density at radius 2 is 1.86 bits per heavy atom. The van der Waals surface area contributed by atoms with Crippen LogP contribution in [0, 0.1) is 5.92 Å². The fourth-order valence-electron chi connectivity index (χ4n) is 0.971. The molecule has 0 saturated carbocycles. The van der Waals surface area contributed by atoms with Crippen molar-refractivity contribution >= 4 is 5.97 Å². The monoisotopic (exact) mass is 202 g/mol. The fourth-order valence-corrected chi connectivity index (χ4v) is 0.971. The van der Waals surface area contributed by atoms with E-state index in [1.807, 2.05) is 13.8 Å². The summed E-state index contributed by atoms with van der Waals surface area (Å²) >= 11 is 0. The average Bonchev–Trinajstić information content (AvgIpc) is 2.18. The largest absolute Gasteiger partial charge is 0.466 e. The molecule has 0 N–H and O–H groups in total. The molecule has 0 aromatic rings. The molecule has 0 aromatic carbocycles. The minimum atomic E-state index is -0.196. The van der Waals surface area contributed by atoms with Gasteiger partial charge in [0, 0.05) is 20.1 Å². The molecule has 0 radical (unpaired) electrons. The lowest BCUT2D eigenvalue weighted by molar-refractivity contribution is -0.141. The summed E-state index contributed by atoms with van der Waals surface area (Å²) in [5.74, 6) is 0.248. The topological polar surface area (TPSA) is 35.5 Å². The number of carbonyl (C=O) groups is 1. The summed E-state index contributed by atoms with van der Waals surface area (Å²) < 4.78 is 9.73. The third-order valence-electron chi connectivity index (χ3n) is 1.70. The van der Waals surface area contributed by atoms with Crippen molar-refractivity contribution < 1.29 is 14.3 Å². The summed E-state index contributed by atoms with van der Waals surface area (Å²) in [6.07, 6.45) is 3.93. The van der Waals surface area contributed by atoms with Gasteiger partial charge in [-0.25, -0.2) is 0 Å². The highest BCUT2D eigenvalue weighted by Gasteiger charge is 1.95. The van der Waals surface area contributed by atoms with E-state index in [0.29, 0.717) is 12.5 Å². The first-order chi connectivity index (χ1) is 6.63. The van der Waals surface area contributed by atoms with Crippen LogP contribution >= 0.6 is 0 Å². The summed E-state index contributed by atoms with van der Waals surface area (Å²) in [7, 11) is 0. The Hall–Kier alpha value is -0.570. The van der Waals surface area contributed by atoms with Gasteiger partial charge in [-0.1, -0.05) is 13.8 Å². The fraction of sp³-hybridized carbons (Fsp3) is 0.909. The van der Waals surface area contributed by atoms with Gasteiger partial charge in [-0.3, -0.25) is 4.79 Å². The van der Waals surface area contributed by atoms with Crippen molar-refractivity contribution in [1.82, 2.24) is 0 Å². The number of hydrogen-bond donors (Lipinski definition) is 0. The third kappa shape index (κ3) is 11.4. The molecule has 1 saturated heterocycles. The van der Waals surface area contributed by atoms with Crippen LogP contribution in [-0.2, 0) is 14.3 Å². The van der Waals surface area contributed by atoms with E-state index in [-0.39, 0.29) is 5.97 Å². The zero-order valence-electron chi connectivity index (χ0n) is 9.54. The highest BCUT2D eigenvalue weighted by atomic mass is 16.5. The Labute approximate surface area is 86.8 Å². The van der Waals surface area contributed by atoms with E-state index < -0.39 is 0 Å². The smallest absolute Gasteiger partial charge is 0.302 e. The van der Waals surface area contributed by atoms with E-state index in [1.165, 1.54) is 26.2 Å². The first kappa shape index (κ1) is 13.4. The predicted octanol–water partition coefficient (Wildman–Crippen LogP) is 2.39. The standard InChI is InChI=1S/C6H12O2.C5H10O/c1-5(2)4-8-6(3)7;1-2-4-6-5-3-1/h5H,4H2,1-3H3;1-5H2. The Balaban J connectivity index is 0.000000249. The van der Waals surface area contributed by atoms with Crippen LogP contribution < -0.4 is 0 Å². The number of esters is 1. The lowest BCUT2D eigenvalue weighted by Gasteiger charge is -2.08. The molecular formula is C11H22O3. The van der Waals surface area contributed by atoms with Gasteiger partial charge in [0.05, 0.1) is 6.61 Å². The van der Waals surface area contributed by atoms with Crippen molar-refractivity contribution in [3.05, 3.63) is 0 Å². The third-order valence-corrected chi connectivity index (χ3v) is 1.70. The Kier molecular flexibility index (Phi) is 8.64. The Morgan fingerprint density at radius 3 is 2.00 bits per heavy atom. The van der Waals surface area contributed by atoms with Crippen LogP contribution in [0.15, 0.2) is 0 Å². The quantitative estimate of drug-likeness (QED) is 0.645. The SMILES string of the molecule is C1CCOCC1.CC(=O)OCC(C)C. The summed E-state index contributed by atoms with van der Waals surface area (Å²) in [6, 6.07) is 0. The van der Waals surface area contributed by atoms with Crippen LogP contribution in [0.4, 0.5) is 0 Å². The minimum Gasteiger partial charge on any atom is -0.466 e. The second kappa shape index (κ2) is 9.00. The van der Waals surface area contributed by atoms with Crippen molar-refractivity contribution in [2.45, 2.75) is 40.0 Å². The van der Waals surface area contributed by atoms with Crippen LogP contribution in [0.5, 0.6) is 0 Å². The maximum atomic E-state index is 10.1. The molecule has 1 aliphatic heterocycles. The van der Waals surface area contributed by atoms with Gasteiger partial charge in [0.15, 0.2) is 0 Å². The average molecular weight is 202 g/mol. The Morgan fingerprint density at radius 1 is 1.29 bits per heavy atom. The van der Waals surface area contributed by atoms with Gasteiger partial charge in [0.25, 0.3) is 0 Å². The summed E-state index contributed by atoms with van der Waals surface area (Å²) in [5.41, 5.74) is 0. The van der Waals surface area contributed by atoms with Crippen molar-refractivity contribution in [3.8, 4) is 0 Å². The predicted molar refractivity (Wildman–Crippen MR) is 56.1 cm³/mol. The second-order valence-corrected chi connectivity index (χ2v) is 3.87. The number of ether oxygens (including phenoxy) is 2. The van der Waals surface area contributed by atoms with E-state index in [0.717, 1.165) is 13.2 Å². The number of hydrogen-bond acceptors (Lipinski definition) is 3. The van der Waals surface area contributed by atoms with Gasteiger partial charge in [-0.2, -0.15) is 0 Å². The van der Waals surface area contributed by atoms with E-state index in [9.17, 15) is 4.79 Å². The number of carbonyl (C=O) groups excluding carboxylic acids is 1. The Bertz CT molecular complexity index is 128. The molecule has 1 aliphatic rings. The van der Waals surface area contributed by atoms with Crippen molar-refractivity contribution in [2.24, 2.45) is 5.92 Å². The molecule has 1 rings (SSSR count). The molecule has 84 valence electrons. The highest BCUT2D eigenvalue weighted by molar-refractivity contribution is 5.65. The molecule has 1 fully saturated rings. The molecule has 0 aromatic heterocycles. The maximum absolute atomic E-state index is 10.1. The molecule has 0 atom stereocenters. The van der Waals surface area contributed by atoms with E-state index in [1.54, 1.807) is 0 Å².